The molecule has 0 atom stereocenters. The molecule has 5 heteroatoms. The highest BCUT2D eigenvalue weighted by atomic mass is 16.1. The number of anilines is 1. The van der Waals surface area contributed by atoms with E-state index in [1.165, 1.54) is 32.1 Å². The summed E-state index contributed by atoms with van der Waals surface area (Å²) in [7, 11) is 0. The summed E-state index contributed by atoms with van der Waals surface area (Å²) < 4.78 is 0. The van der Waals surface area contributed by atoms with Gasteiger partial charge in [-0.25, -0.2) is 0 Å². The van der Waals surface area contributed by atoms with Crippen molar-refractivity contribution in [3.63, 3.8) is 0 Å². The van der Waals surface area contributed by atoms with Crippen LogP contribution >= 0.6 is 0 Å². The lowest BCUT2D eigenvalue weighted by molar-refractivity contribution is -0.120. The summed E-state index contributed by atoms with van der Waals surface area (Å²) in [6.07, 6.45) is 14.4. The highest BCUT2D eigenvalue weighted by molar-refractivity contribution is 5.92. The topological polar surface area (TPSA) is 66.0 Å². The molecule has 0 unspecified atom stereocenters. The molecule has 2 aliphatic rings. The SMILES string of the molecule is O=C(Nc1ccncc1)C1CCC(NNCC2CCCCC2)CC1. The summed E-state index contributed by atoms with van der Waals surface area (Å²) in [6, 6.07) is 4.17. The number of rotatable bonds is 6. The maximum atomic E-state index is 12.3. The van der Waals surface area contributed by atoms with Crippen molar-refractivity contribution in [3.8, 4) is 0 Å². The minimum Gasteiger partial charge on any atom is -0.326 e. The number of nitrogens with zero attached hydrogens (tertiary/aromatic N) is 1. The van der Waals surface area contributed by atoms with Gasteiger partial charge in [-0.1, -0.05) is 19.3 Å². The van der Waals surface area contributed by atoms with Crippen molar-refractivity contribution in [2.24, 2.45) is 11.8 Å². The molecule has 1 heterocycles. The van der Waals surface area contributed by atoms with E-state index in [0.717, 1.165) is 43.8 Å². The number of pyridine rings is 1. The van der Waals surface area contributed by atoms with Crippen LogP contribution in [0.2, 0.25) is 0 Å². The van der Waals surface area contributed by atoms with Gasteiger partial charge < -0.3 is 5.32 Å². The molecule has 24 heavy (non-hydrogen) atoms. The number of hydrogen-bond acceptors (Lipinski definition) is 4. The van der Waals surface area contributed by atoms with Crippen LogP contribution < -0.4 is 16.2 Å². The maximum absolute atomic E-state index is 12.3. The van der Waals surface area contributed by atoms with Gasteiger partial charge in [0.15, 0.2) is 0 Å². The van der Waals surface area contributed by atoms with E-state index in [1.807, 2.05) is 12.1 Å². The van der Waals surface area contributed by atoms with E-state index in [-0.39, 0.29) is 11.8 Å². The zero-order chi connectivity index (χ0) is 16.6. The van der Waals surface area contributed by atoms with Gasteiger partial charge in [0.25, 0.3) is 0 Å². The Hall–Kier alpha value is -1.46. The molecule has 0 aliphatic heterocycles. The molecule has 0 radical (unpaired) electrons. The van der Waals surface area contributed by atoms with Crippen molar-refractivity contribution >= 4 is 11.6 Å². The molecule has 0 aromatic carbocycles. The average molecular weight is 330 g/mol. The van der Waals surface area contributed by atoms with Gasteiger partial charge in [-0.2, -0.15) is 0 Å². The normalized spacial score (nSPS) is 25.3. The first-order valence-corrected chi connectivity index (χ1v) is 9.50. The van der Waals surface area contributed by atoms with Crippen LogP contribution in [0.4, 0.5) is 5.69 Å². The molecule has 1 aromatic rings. The van der Waals surface area contributed by atoms with E-state index in [1.54, 1.807) is 12.4 Å². The third-order valence-corrected chi connectivity index (χ3v) is 5.47. The number of carbonyl (C=O) groups is 1. The molecule has 2 fully saturated rings. The van der Waals surface area contributed by atoms with Crippen LogP contribution in [0.15, 0.2) is 24.5 Å². The van der Waals surface area contributed by atoms with Crippen molar-refractivity contribution in [1.29, 1.82) is 0 Å². The summed E-state index contributed by atoms with van der Waals surface area (Å²) in [5.74, 6) is 1.12. The number of nitrogens with one attached hydrogen (secondary N) is 3. The van der Waals surface area contributed by atoms with Gasteiger partial charge in [0.1, 0.15) is 0 Å². The van der Waals surface area contributed by atoms with Crippen LogP contribution in [0, 0.1) is 11.8 Å². The maximum Gasteiger partial charge on any atom is 0.227 e. The lowest BCUT2D eigenvalue weighted by Crippen LogP contribution is -2.45. The molecule has 3 rings (SSSR count). The Bertz CT molecular complexity index is 493. The second kappa shape index (κ2) is 9.14. The molecular formula is C19H30N4O. The molecule has 1 amide bonds. The number of aromatic nitrogens is 1. The third kappa shape index (κ3) is 5.28. The van der Waals surface area contributed by atoms with E-state index in [9.17, 15) is 4.79 Å². The van der Waals surface area contributed by atoms with Crippen LogP contribution in [0.3, 0.4) is 0 Å². The first kappa shape index (κ1) is 17.4. The van der Waals surface area contributed by atoms with Gasteiger partial charge in [0, 0.05) is 36.6 Å². The fourth-order valence-electron chi connectivity index (χ4n) is 3.92. The number of hydrazine groups is 1. The Morgan fingerprint density at radius 2 is 1.71 bits per heavy atom. The van der Waals surface area contributed by atoms with Gasteiger partial charge in [0.2, 0.25) is 5.91 Å². The Morgan fingerprint density at radius 3 is 2.42 bits per heavy atom. The van der Waals surface area contributed by atoms with Crippen LogP contribution in [0.1, 0.15) is 57.8 Å². The summed E-state index contributed by atoms with van der Waals surface area (Å²) in [5.41, 5.74) is 7.78. The fraction of sp³-hybridized carbons (Fsp3) is 0.684. The summed E-state index contributed by atoms with van der Waals surface area (Å²) >= 11 is 0. The van der Waals surface area contributed by atoms with Crippen LogP contribution in [0.25, 0.3) is 0 Å². The Kier molecular flexibility index (Phi) is 6.61. The predicted molar refractivity (Wildman–Crippen MR) is 96.3 cm³/mol. The minimum absolute atomic E-state index is 0.134. The number of amides is 1. The Labute approximate surface area is 145 Å². The first-order chi connectivity index (χ1) is 11.8. The number of carbonyl (C=O) groups excluding carboxylic acids is 1. The molecule has 0 spiro atoms. The lowest BCUT2D eigenvalue weighted by Gasteiger charge is -2.30. The molecule has 3 N–H and O–H groups in total. The van der Waals surface area contributed by atoms with Gasteiger partial charge in [-0.3, -0.25) is 20.6 Å². The van der Waals surface area contributed by atoms with Crippen molar-refractivity contribution < 1.29 is 4.79 Å². The highest BCUT2D eigenvalue weighted by Crippen LogP contribution is 2.26. The number of hydrogen-bond donors (Lipinski definition) is 3. The van der Waals surface area contributed by atoms with E-state index in [2.05, 4.69) is 21.2 Å². The fourth-order valence-corrected chi connectivity index (χ4v) is 3.92. The van der Waals surface area contributed by atoms with E-state index in [0.29, 0.717) is 6.04 Å². The monoisotopic (exact) mass is 330 g/mol. The van der Waals surface area contributed by atoms with Crippen LogP contribution in [0.5, 0.6) is 0 Å². The summed E-state index contributed by atoms with van der Waals surface area (Å²) in [4.78, 5) is 16.3. The molecule has 0 saturated heterocycles. The molecular weight excluding hydrogens is 300 g/mol. The summed E-state index contributed by atoms with van der Waals surface area (Å²) in [5, 5.41) is 3.00. The molecule has 1 aromatic heterocycles. The van der Waals surface area contributed by atoms with Crippen molar-refractivity contribution in [3.05, 3.63) is 24.5 Å². The molecule has 2 aliphatic carbocycles. The Morgan fingerprint density at radius 1 is 1.00 bits per heavy atom. The molecule has 2 saturated carbocycles. The van der Waals surface area contributed by atoms with Gasteiger partial charge in [0.05, 0.1) is 0 Å². The van der Waals surface area contributed by atoms with Crippen LogP contribution in [-0.2, 0) is 4.79 Å². The molecule has 5 nitrogen and oxygen atoms in total. The van der Waals surface area contributed by atoms with E-state index < -0.39 is 0 Å². The second-order valence-corrected chi connectivity index (χ2v) is 7.30. The molecule has 132 valence electrons. The molecule has 0 bridgehead atoms. The van der Waals surface area contributed by atoms with Gasteiger partial charge in [-0.15, -0.1) is 0 Å². The van der Waals surface area contributed by atoms with Crippen molar-refractivity contribution in [2.45, 2.75) is 63.8 Å². The quantitative estimate of drug-likeness (QED) is 0.701. The first-order valence-electron chi connectivity index (χ1n) is 9.50. The van der Waals surface area contributed by atoms with E-state index in [4.69, 9.17) is 0 Å². The van der Waals surface area contributed by atoms with Crippen molar-refractivity contribution in [1.82, 2.24) is 15.8 Å². The van der Waals surface area contributed by atoms with Gasteiger partial charge >= 0.3 is 0 Å². The standard InChI is InChI=1S/C19H30N4O/c24-19(22-17-10-12-20-13-11-17)16-6-8-18(9-7-16)23-21-14-15-4-2-1-3-5-15/h10-13,15-16,18,21,23H,1-9,14H2,(H,20,22,24). The van der Waals surface area contributed by atoms with Crippen LogP contribution in [-0.4, -0.2) is 23.5 Å². The third-order valence-electron chi connectivity index (χ3n) is 5.47. The Balaban J connectivity index is 1.32. The minimum atomic E-state index is 0.134. The van der Waals surface area contributed by atoms with Crippen molar-refractivity contribution in [2.75, 3.05) is 11.9 Å². The van der Waals surface area contributed by atoms with E-state index >= 15 is 0 Å². The van der Waals surface area contributed by atoms with Gasteiger partial charge in [-0.05, 0) is 56.6 Å². The zero-order valence-corrected chi connectivity index (χ0v) is 14.5. The second-order valence-electron chi connectivity index (χ2n) is 7.30. The largest absolute Gasteiger partial charge is 0.326 e. The average Bonchev–Trinajstić information content (AvgIpc) is 2.64. The summed E-state index contributed by atoms with van der Waals surface area (Å²) in [6.45, 7) is 1.09. The lowest BCUT2D eigenvalue weighted by atomic mass is 9.85. The zero-order valence-electron chi connectivity index (χ0n) is 14.5. The predicted octanol–water partition coefficient (Wildman–Crippen LogP) is 3.25. The smallest absolute Gasteiger partial charge is 0.227 e. The highest BCUT2D eigenvalue weighted by Gasteiger charge is 2.26.